The molecule has 0 aliphatic carbocycles. The Morgan fingerprint density at radius 2 is 2.05 bits per heavy atom. The van der Waals surface area contributed by atoms with Crippen LogP contribution >= 0.6 is 23.4 Å². The summed E-state index contributed by atoms with van der Waals surface area (Å²) in [6.07, 6.45) is 6.54. The highest BCUT2D eigenvalue weighted by molar-refractivity contribution is 7.99. The Morgan fingerprint density at radius 1 is 1.31 bits per heavy atom. The number of alkyl carbamates (subject to hydrolysis) is 1. The topological polar surface area (TPSA) is 114 Å². The van der Waals surface area contributed by atoms with E-state index in [1.165, 1.54) is 11.8 Å². The van der Waals surface area contributed by atoms with Gasteiger partial charge in [-0.25, -0.2) is 19.7 Å². The van der Waals surface area contributed by atoms with Gasteiger partial charge in [0.25, 0.3) is 0 Å². The molecule has 210 valence electrons. The van der Waals surface area contributed by atoms with Gasteiger partial charge >= 0.3 is 6.09 Å². The third-order valence-corrected chi connectivity index (χ3v) is 9.02. The Balaban J connectivity index is 1.32. The summed E-state index contributed by atoms with van der Waals surface area (Å²) in [5, 5.41) is 14.5. The van der Waals surface area contributed by atoms with Gasteiger partial charge in [0.15, 0.2) is 11.5 Å². The molecule has 0 aromatic carbocycles. The van der Waals surface area contributed by atoms with E-state index in [9.17, 15) is 9.90 Å². The number of hydrogen-bond acceptors (Lipinski definition) is 9. The minimum Gasteiger partial charge on any atom is -0.444 e. The standard InChI is InChI=1S/C27H35ClN6O4S/c1-16-24(39-19-6-10-33-13-9-29-23(33)20(19)28)31-18(14-35)22(30-16)34-11-7-27(8-12-34)15-37-17(2)21(27)32-25(36)38-26(3,4)5/h6,9-10,13,17,21,35H,7-8,11-12,14-15H2,1-5H3,(H,32,36)/t17-,21+/m0/s1. The lowest BCUT2D eigenvalue weighted by Gasteiger charge is -2.43. The Labute approximate surface area is 237 Å². The van der Waals surface area contributed by atoms with Crippen LogP contribution in [0.1, 0.15) is 51.9 Å². The second kappa shape index (κ2) is 10.8. The van der Waals surface area contributed by atoms with Crippen molar-refractivity contribution in [1.29, 1.82) is 0 Å². The molecule has 10 nitrogen and oxygen atoms in total. The highest BCUT2D eigenvalue weighted by Gasteiger charge is 2.50. The third-order valence-electron chi connectivity index (χ3n) is 7.40. The van der Waals surface area contributed by atoms with Crippen LogP contribution in [0.4, 0.5) is 10.6 Å². The zero-order valence-corrected chi connectivity index (χ0v) is 24.5. The number of pyridine rings is 1. The van der Waals surface area contributed by atoms with Crippen LogP contribution in [0.2, 0.25) is 5.02 Å². The summed E-state index contributed by atoms with van der Waals surface area (Å²) in [6.45, 7) is 11.2. The fourth-order valence-electron chi connectivity index (χ4n) is 5.40. The van der Waals surface area contributed by atoms with Crippen molar-refractivity contribution in [3.8, 4) is 0 Å². The number of aliphatic hydroxyl groups is 1. The lowest BCUT2D eigenvalue weighted by atomic mass is 9.73. The Bertz CT molecular complexity index is 1370. The molecular formula is C27H35ClN6O4S. The fourth-order valence-corrected chi connectivity index (χ4v) is 6.60. The van der Waals surface area contributed by atoms with E-state index in [1.807, 2.05) is 57.5 Å². The fraction of sp³-hybridized carbons (Fsp3) is 0.556. The monoisotopic (exact) mass is 574 g/mol. The molecule has 2 aliphatic heterocycles. The van der Waals surface area contributed by atoms with Gasteiger partial charge in [0, 0.05) is 42.0 Å². The molecule has 0 saturated carbocycles. The average Bonchev–Trinajstić information content (AvgIpc) is 3.47. The Hall–Kier alpha value is -2.60. The van der Waals surface area contributed by atoms with Gasteiger partial charge in [0.05, 0.1) is 36.1 Å². The number of carbonyl (C=O) groups is 1. The molecule has 1 amide bonds. The smallest absolute Gasteiger partial charge is 0.407 e. The normalized spacial score (nSPS) is 21.1. The number of rotatable bonds is 5. The number of imidazole rings is 1. The largest absolute Gasteiger partial charge is 0.444 e. The van der Waals surface area contributed by atoms with Crippen LogP contribution in [-0.4, -0.2) is 68.0 Å². The maximum absolute atomic E-state index is 12.6. The zero-order valence-electron chi connectivity index (χ0n) is 22.9. The first-order valence-corrected chi connectivity index (χ1v) is 14.3. The van der Waals surface area contributed by atoms with E-state index < -0.39 is 11.7 Å². The first-order chi connectivity index (χ1) is 18.5. The number of halogens is 1. The first-order valence-electron chi connectivity index (χ1n) is 13.1. The van der Waals surface area contributed by atoms with Gasteiger partial charge in [0.2, 0.25) is 0 Å². The van der Waals surface area contributed by atoms with E-state index in [1.54, 1.807) is 6.20 Å². The highest BCUT2D eigenvalue weighted by atomic mass is 35.5. The average molecular weight is 575 g/mol. The Kier molecular flexibility index (Phi) is 7.71. The second-order valence-electron chi connectivity index (χ2n) is 11.3. The minimum atomic E-state index is -0.567. The summed E-state index contributed by atoms with van der Waals surface area (Å²) >= 11 is 8.01. The first kappa shape index (κ1) is 27.9. The van der Waals surface area contributed by atoms with Gasteiger partial charge in [-0.2, -0.15) is 0 Å². The quantitative estimate of drug-likeness (QED) is 0.450. The van der Waals surface area contributed by atoms with E-state index >= 15 is 0 Å². The lowest BCUT2D eigenvalue weighted by Crippen LogP contribution is -2.55. The number of nitrogens with one attached hydrogen (secondary N) is 1. The van der Waals surface area contributed by atoms with Crippen molar-refractivity contribution in [2.45, 2.75) is 81.7 Å². The molecule has 2 saturated heterocycles. The van der Waals surface area contributed by atoms with Gasteiger partial charge in [-0.05, 0) is 53.5 Å². The van der Waals surface area contributed by atoms with Gasteiger partial charge in [0.1, 0.15) is 16.3 Å². The lowest BCUT2D eigenvalue weighted by molar-refractivity contribution is 0.0434. The van der Waals surface area contributed by atoms with Crippen LogP contribution in [0.15, 0.2) is 34.6 Å². The SMILES string of the molecule is Cc1nc(N2CCC3(CC2)CO[C@@H](C)[C@H]3NC(=O)OC(C)(C)C)c(CO)nc1Sc1ccn2ccnc2c1Cl. The molecule has 2 aliphatic rings. The van der Waals surface area contributed by atoms with Crippen molar-refractivity contribution in [2.24, 2.45) is 5.41 Å². The van der Waals surface area contributed by atoms with Crippen molar-refractivity contribution in [3.05, 3.63) is 41.1 Å². The van der Waals surface area contributed by atoms with Crippen LogP contribution in [0, 0.1) is 12.3 Å². The van der Waals surface area contributed by atoms with Crippen molar-refractivity contribution in [1.82, 2.24) is 24.7 Å². The molecule has 2 atom stereocenters. The molecule has 39 heavy (non-hydrogen) atoms. The summed E-state index contributed by atoms with van der Waals surface area (Å²) in [4.78, 5) is 29.5. The summed E-state index contributed by atoms with van der Waals surface area (Å²) < 4.78 is 13.4. The molecule has 2 N–H and O–H groups in total. The molecule has 2 fully saturated rings. The number of anilines is 1. The summed E-state index contributed by atoms with van der Waals surface area (Å²) in [7, 11) is 0. The summed E-state index contributed by atoms with van der Waals surface area (Å²) in [5.41, 5.74) is 1.21. The van der Waals surface area contributed by atoms with E-state index in [-0.39, 0.29) is 24.2 Å². The number of ether oxygens (including phenoxy) is 2. The van der Waals surface area contributed by atoms with Gasteiger partial charge in [-0.1, -0.05) is 23.4 Å². The van der Waals surface area contributed by atoms with Crippen molar-refractivity contribution in [3.63, 3.8) is 0 Å². The number of aliphatic hydroxyl groups excluding tert-OH is 1. The minimum absolute atomic E-state index is 0.108. The number of nitrogens with zero attached hydrogens (tertiary/aromatic N) is 5. The third kappa shape index (κ3) is 5.68. The number of piperidine rings is 1. The molecule has 0 radical (unpaired) electrons. The van der Waals surface area contributed by atoms with Crippen LogP contribution in [0.5, 0.6) is 0 Å². The molecule has 1 spiro atoms. The number of hydrogen-bond donors (Lipinski definition) is 2. The van der Waals surface area contributed by atoms with Gasteiger partial charge in [-0.15, -0.1) is 0 Å². The molecule has 0 bridgehead atoms. The number of aryl methyl sites for hydroxylation is 1. The maximum Gasteiger partial charge on any atom is 0.407 e. The Morgan fingerprint density at radius 3 is 2.74 bits per heavy atom. The second-order valence-corrected chi connectivity index (χ2v) is 12.7. The predicted molar refractivity (Wildman–Crippen MR) is 149 cm³/mol. The van der Waals surface area contributed by atoms with Gasteiger partial charge in [-0.3, -0.25) is 0 Å². The van der Waals surface area contributed by atoms with E-state index in [0.29, 0.717) is 46.9 Å². The number of carbonyl (C=O) groups excluding carboxylic acids is 1. The molecule has 12 heteroatoms. The molecule has 3 aromatic rings. The number of aromatic nitrogens is 4. The maximum atomic E-state index is 12.6. The molecule has 0 unspecified atom stereocenters. The predicted octanol–water partition coefficient (Wildman–Crippen LogP) is 4.63. The molecule has 5 heterocycles. The van der Waals surface area contributed by atoms with Crippen molar-refractivity contribution in [2.75, 3.05) is 24.6 Å². The number of amides is 1. The van der Waals surface area contributed by atoms with Crippen LogP contribution in [-0.2, 0) is 16.1 Å². The van der Waals surface area contributed by atoms with Crippen molar-refractivity contribution >= 4 is 40.9 Å². The molecule has 5 rings (SSSR count). The van der Waals surface area contributed by atoms with E-state index in [4.69, 9.17) is 31.0 Å². The number of fused-ring (bicyclic) bond motifs is 1. The summed E-state index contributed by atoms with van der Waals surface area (Å²) in [5.74, 6) is 0.688. The van der Waals surface area contributed by atoms with Crippen LogP contribution in [0.25, 0.3) is 5.65 Å². The van der Waals surface area contributed by atoms with Crippen LogP contribution < -0.4 is 10.2 Å². The molecule has 3 aromatic heterocycles. The highest BCUT2D eigenvalue weighted by Crippen LogP contribution is 2.44. The van der Waals surface area contributed by atoms with Crippen molar-refractivity contribution < 1.29 is 19.4 Å². The molecular weight excluding hydrogens is 540 g/mol. The summed E-state index contributed by atoms with van der Waals surface area (Å²) in [6, 6.07) is 1.78. The van der Waals surface area contributed by atoms with Gasteiger partial charge < -0.3 is 29.2 Å². The zero-order chi connectivity index (χ0) is 27.9. The van der Waals surface area contributed by atoms with E-state index in [2.05, 4.69) is 15.2 Å². The van der Waals surface area contributed by atoms with Crippen LogP contribution in [0.3, 0.4) is 0 Å². The van der Waals surface area contributed by atoms with E-state index in [0.717, 1.165) is 23.4 Å².